The molecule has 1 fully saturated rings. The first-order chi connectivity index (χ1) is 11.5. The lowest BCUT2D eigenvalue weighted by Crippen LogP contribution is -2.46. The summed E-state index contributed by atoms with van der Waals surface area (Å²) in [6.07, 6.45) is 3.44. The topological polar surface area (TPSA) is 75.1 Å². The predicted octanol–water partition coefficient (Wildman–Crippen LogP) is 1.62. The Morgan fingerprint density at radius 3 is 2.54 bits per heavy atom. The van der Waals surface area contributed by atoms with Crippen LogP contribution in [0.3, 0.4) is 0 Å². The lowest BCUT2D eigenvalue weighted by Gasteiger charge is -2.37. The summed E-state index contributed by atoms with van der Waals surface area (Å²) in [4.78, 5) is 24.8. The number of aryl methyl sites for hydroxylation is 2. The molecule has 0 atom stereocenters. The van der Waals surface area contributed by atoms with Gasteiger partial charge in [0.15, 0.2) is 5.82 Å². The molecule has 126 valence electrons. The normalized spacial score (nSPS) is 15.4. The van der Waals surface area contributed by atoms with E-state index < -0.39 is 0 Å². The summed E-state index contributed by atoms with van der Waals surface area (Å²) in [6, 6.07) is 5.99. The Morgan fingerprint density at radius 1 is 1.17 bits per heavy atom. The molecule has 24 heavy (non-hydrogen) atoms. The van der Waals surface area contributed by atoms with Crippen LogP contribution >= 0.6 is 0 Å². The SMILES string of the molecule is Cc1ccc(N(C)C2CCN(C(=O)c3ccnc(C)n3)CC2)nn1. The van der Waals surface area contributed by atoms with Gasteiger partial charge in [-0.25, -0.2) is 9.97 Å². The van der Waals surface area contributed by atoms with Gasteiger partial charge in [-0.05, 0) is 44.9 Å². The Kier molecular flexibility index (Phi) is 4.69. The van der Waals surface area contributed by atoms with Gasteiger partial charge in [-0.1, -0.05) is 0 Å². The van der Waals surface area contributed by atoms with Crippen LogP contribution in [0.1, 0.15) is 34.8 Å². The second kappa shape index (κ2) is 6.90. The number of nitrogens with zero attached hydrogens (tertiary/aromatic N) is 6. The molecular formula is C17H22N6O. The van der Waals surface area contributed by atoms with Crippen LogP contribution in [0.15, 0.2) is 24.4 Å². The lowest BCUT2D eigenvalue weighted by molar-refractivity contribution is 0.0706. The Hall–Kier alpha value is -2.57. The van der Waals surface area contributed by atoms with Gasteiger partial charge >= 0.3 is 0 Å². The molecule has 1 saturated heterocycles. The quantitative estimate of drug-likeness (QED) is 0.853. The third-order valence-corrected chi connectivity index (χ3v) is 4.44. The van der Waals surface area contributed by atoms with Crippen molar-refractivity contribution < 1.29 is 4.79 Å². The van der Waals surface area contributed by atoms with Crippen molar-refractivity contribution in [2.24, 2.45) is 0 Å². The molecule has 1 amide bonds. The molecule has 0 unspecified atom stereocenters. The lowest BCUT2D eigenvalue weighted by atomic mass is 10.0. The maximum atomic E-state index is 12.5. The van der Waals surface area contributed by atoms with E-state index in [4.69, 9.17) is 0 Å². The fourth-order valence-electron chi connectivity index (χ4n) is 2.96. The molecule has 0 saturated carbocycles. The number of aromatic nitrogens is 4. The first kappa shape index (κ1) is 16.3. The van der Waals surface area contributed by atoms with Gasteiger partial charge in [-0.2, -0.15) is 5.10 Å². The number of amides is 1. The van der Waals surface area contributed by atoms with E-state index in [2.05, 4.69) is 25.1 Å². The average Bonchev–Trinajstić information content (AvgIpc) is 2.61. The molecule has 3 heterocycles. The Bertz CT molecular complexity index is 709. The van der Waals surface area contributed by atoms with Crippen molar-refractivity contribution in [2.45, 2.75) is 32.7 Å². The van der Waals surface area contributed by atoms with E-state index in [1.807, 2.05) is 31.0 Å². The van der Waals surface area contributed by atoms with Crippen LogP contribution in [0.4, 0.5) is 5.82 Å². The third kappa shape index (κ3) is 3.50. The van der Waals surface area contributed by atoms with Crippen LogP contribution in [0, 0.1) is 13.8 Å². The highest BCUT2D eigenvalue weighted by Gasteiger charge is 2.27. The van der Waals surface area contributed by atoms with Crippen molar-refractivity contribution in [3.63, 3.8) is 0 Å². The highest BCUT2D eigenvalue weighted by molar-refractivity contribution is 5.92. The maximum Gasteiger partial charge on any atom is 0.272 e. The molecule has 2 aromatic rings. The molecule has 7 nitrogen and oxygen atoms in total. The molecule has 3 rings (SSSR count). The number of carbonyl (C=O) groups excluding carboxylic acids is 1. The van der Waals surface area contributed by atoms with Crippen molar-refractivity contribution in [3.05, 3.63) is 41.6 Å². The first-order valence-electron chi connectivity index (χ1n) is 8.16. The van der Waals surface area contributed by atoms with Crippen molar-refractivity contribution in [1.82, 2.24) is 25.1 Å². The van der Waals surface area contributed by atoms with E-state index in [1.165, 1.54) is 0 Å². The largest absolute Gasteiger partial charge is 0.355 e. The standard InChI is InChI=1S/C17H22N6O/c1-12-4-5-16(21-20-12)22(3)14-7-10-23(11-8-14)17(24)15-6-9-18-13(2)19-15/h4-6,9,14H,7-8,10-11H2,1-3H3. The van der Waals surface area contributed by atoms with Gasteiger partial charge in [-0.3, -0.25) is 4.79 Å². The third-order valence-electron chi connectivity index (χ3n) is 4.44. The molecule has 0 spiro atoms. The van der Waals surface area contributed by atoms with E-state index in [9.17, 15) is 4.79 Å². The van der Waals surface area contributed by atoms with E-state index >= 15 is 0 Å². The summed E-state index contributed by atoms with van der Waals surface area (Å²) in [6.45, 7) is 5.16. The number of anilines is 1. The zero-order valence-corrected chi connectivity index (χ0v) is 14.3. The zero-order chi connectivity index (χ0) is 17.1. The molecule has 1 aliphatic heterocycles. The maximum absolute atomic E-state index is 12.5. The summed E-state index contributed by atoms with van der Waals surface area (Å²) in [5.41, 5.74) is 1.38. The summed E-state index contributed by atoms with van der Waals surface area (Å²) < 4.78 is 0. The van der Waals surface area contributed by atoms with Gasteiger partial charge in [0, 0.05) is 32.4 Å². The first-order valence-corrected chi connectivity index (χ1v) is 8.16. The Balaban J connectivity index is 1.61. The van der Waals surface area contributed by atoms with Gasteiger partial charge in [-0.15, -0.1) is 5.10 Å². The van der Waals surface area contributed by atoms with E-state index in [0.717, 1.165) is 37.4 Å². The molecule has 0 aromatic carbocycles. The zero-order valence-electron chi connectivity index (χ0n) is 14.3. The highest BCUT2D eigenvalue weighted by Crippen LogP contribution is 2.21. The Morgan fingerprint density at radius 2 is 1.92 bits per heavy atom. The molecule has 2 aromatic heterocycles. The van der Waals surface area contributed by atoms with Gasteiger partial charge in [0.05, 0.1) is 5.69 Å². The molecule has 0 N–H and O–H groups in total. The van der Waals surface area contributed by atoms with Crippen LogP contribution in [-0.2, 0) is 0 Å². The molecule has 0 aliphatic carbocycles. The van der Waals surface area contributed by atoms with E-state index in [0.29, 0.717) is 17.6 Å². The minimum atomic E-state index is -0.0169. The van der Waals surface area contributed by atoms with Crippen LogP contribution in [-0.4, -0.2) is 57.2 Å². The Labute approximate surface area is 141 Å². The summed E-state index contributed by atoms with van der Waals surface area (Å²) in [7, 11) is 2.04. The minimum absolute atomic E-state index is 0.0169. The van der Waals surface area contributed by atoms with Crippen LogP contribution < -0.4 is 4.90 Å². The molecule has 1 aliphatic rings. The fourth-order valence-corrected chi connectivity index (χ4v) is 2.96. The van der Waals surface area contributed by atoms with E-state index in [-0.39, 0.29) is 5.91 Å². The second-order valence-electron chi connectivity index (χ2n) is 6.16. The van der Waals surface area contributed by atoms with Crippen molar-refractivity contribution in [2.75, 3.05) is 25.0 Å². The molecule has 0 radical (unpaired) electrons. The fraction of sp³-hybridized carbons (Fsp3) is 0.471. The predicted molar refractivity (Wildman–Crippen MR) is 90.9 cm³/mol. The van der Waals surface area contributed by atoms with Gasteiger partial charge in [0.25, 0.3) is 5.91 Å². The molecule has 7 heteroatoms. The summed E-state index contributed by atoms with van der Waals surface area (Å²) in [5, 5.41) is 8.36. The molecule has 0 bridgehead atoms. The van der Waals surface area contributed by atoms with Crippen LogP contribution in [0.2, 0.25) is 0 Å². The molecular weight excluding hydrogens is 304 g/mol. The van der Waals surface area contributed by atoms with Gasteiger partial charge in [0.2, 0.25) is 0 Å². The van der Waals surface area contributed by atoms with Gasteiger partial charge < -0.3 is 9.80 Å². The van der Waals surface area contributed by atoms with Crippen molar-refractivity contribution in [1.29, 1.82) is 0 Å². The summed E-state index contributed by atoms with van der Waals surface area (Å²) in [5.74, 6) is 1.47. The number of hydrogen-bond donors (Lipinski definition) is 0. The number of carbonyl (C=O) groups is 1. The van der Waals surface area contributed by atoms with Gasteiger partial charge in [0.1, 0.15) is 11.5 Å². The van der Waals surface area contributed by atoms with E-state index in [1.54, 1.807) is 19.2 Å². The van der Waals surface area contributed by atoms with Crippen LogP contribution in [0.5, 0.6) is 0 Å². The number of rotatable bonds is 3. The number of piperidine rings is 1. The number of likely N-dealkylation sites (tertiary alicyclic amines) is 1. The highest BCUT2D eigenvalue weighted by atomic mass is 16.2. The minimum Gasteiger partial charge on any atom is -0.355 e. The monoisotopic (exact) mass is 326 g/mol. The average molecular weight is 326 g/mol. The van der Waals surface area contributed by atoms with Crippen molar-refractivity contribution in [3.8, 4) is 0 Å². The van der Waals surface area contributed by atoms with Crippen LogP contribution in [0.25, 0.3) is 0 Å². The number of hydrogen-bond acceptors (Lipinski definition) is 6. The smallest absolute Gasteiger partial charge is 0.272 e. The van der Waals surface area contributed by atoms with Crippen molar-refractivity contribution >= 4 is 11.7 Å². The second-order valence-corrected chi connectivity index (χ2v) is 6.16. The summed E-state index contributed by atoms with van der Waals surface area (Å²) >= 11 is 0.